The standard InChI is InChI=1S/C16H21FN2O3/c1-18-6-7-19(14-5-4-12(17)9-15(14)18)16(20)11-21-10-13-3-2-8-22-13/h4-5,9,13H,2-3,6-8,10-11H2,1H3. The molecule has 0 saturated carbocycles. The molecule has 5 nitrogen and oxygen atoms in total. The van der Waals surface area contributed by atoms with Gasteiger partial charge in [-0.1, -0.05) is 0 Å². The lowest BCUT2D eigenvalue weighted by Gasteiger charge is -2.35. The van der Waals surface area contributed by atoms with E-state index < -0.39 is 0 Å². The Hall–Kier alpha value is -1.66. The summed E-state index contributed by atoms with van der Waals surface area (Å²) in [6, 6.07) is 4.49. The Morgan fingerprint density at radius 1 is 1.41 bits per heavy atom. The number of amides is 1. The highest BCUT2D eigenvalue weighted by molar-refractivity contribution is 5.98. The molecular formula is C16H21FN2O3. The predicted octanol–water partition coefficient (Wildman–Crippen LogP) is 1.80. The van der Waals surface area contributed by atoms with Gasteiger partial charge in [0.15, 0.2) is 0 Å². The van der Waals surface area contributed by atoms with E-state index in [0.29, 0.717) is 19.7 Å². The molecule has 120 valence electrons. The minimum atomic E-state index is -0.297. The summed E-state index contributed by atoms with van der Waals surface area (Å²) in [5.41, 5.74) is 1.47. The molecule has 6 heteroatoms. The molecule has 0 aliphatic carbocycles. The fourth-order valence-corrected chi connectivity index (χ4v) is 2.91. The Bertz CT molecular complexity index is 546. The molecule has 1 fully saturated rings. The molecule has 0 spiro atoms. The van der Waals surface area contributed by atoms with Crippen molar-refractivity contribution in [1.29, 1.82) is 0 Å². The number of fused-ring (bicyclic) bond motifs is 1. The molecule has 2 aliphatic rings. The van der Waals surface area contributed by atoms with Crippen LogP contribution in [-0.4, -0.2) is 52.0 Å². The van der Waals surface area contributed by atoms with Gasteiger partial charge in [-0.3, -0.25) is 4.79 Å². The van der Waals surface area contributed by atoms with E-state index in [1.807, 2.05) is 11.9 Å². The number of nitrogens with zero attached hydrogens (tertiary/aromatic N) is 2. The molecule has 2 aliphatic heterocycles. The van der Waals surface area contributed by atoms with E-state index in [-0.39, 0.29) is 24.4 Å². The first kappa shape index (κ1) is 15.2. The largest absolute Gasteiger partial charge is 0.376 e. The van der Waals surface area contributed by atoms with Crippen LogP contribution in [0.2, 0.25) is 0 Å². The third-order valence-corrected chi connectivity index (χ3v) is 4.15. The molecule has 1 saturated heterocycles. The summed E-state index contributed by atoms with van der Waals surface area (Å²) in [5, 5.41) is 0. The molecule has 0 bridgehead atoms. The zero-order valence-corrected chi connectivity index (χ0v) is 12.8. The SMILES string of the molecule is CN1CCN(C(=O)COCC2CCCO2)c2ccc(F)cc21. The van der Waals surface area contributed by atoms with Crippen molar-refractivity contribution in [2.24, 2.45) is 0 Å². The van der Waals surface area contributed by atoms with E-state index in [1.165, 1.54) is 12.1 Å². The van der Waals surface area contributed by atoms with E-state index in [0.717, 1.165) is 30.8 Å². The highest BCUT2D eigenvalue weighted by atomic mass is 19.1. The number of hydrogen-bond acceptors (Lipinski definition) is 4. The van der Waals surface area contributed by atoms with Gasteiger partial charge in [0.05, 0.1) is 24.1 Å². The van der Waals surface area contributed by atoms with Crippen molar-refractivity contribution >= 4 is 17.3 Å². The van der Waals surface area contributed by atoms with Gasteiger partial charge in [0.1, 0.15) is 12.4 Å². The van der Waals surface area contributed by atoms with Gasteiger partial charge in [-0.15, -0.1) is 0 Å². The van der Waals surface area contributed by atoms with E-state index in [1.54, 1.807) is 11.0 Å². The molecule has 1 aromatic rings. The summed E-state index contributed by atoms with van der Waals surface area (Å²) in [7, 11) is 1.90. The maximum absolute atomic E-state index is 13.4. The second-order valence-corrected chi connectivity index (χ2v) is 5.75. The van der Waals surface area contributed by atoms with Crippen LogP contribution in [0.5, 0.6) is 0 Å². The van der Waals surface area contributed by atoms with E-state index >= 15 is 0 Å². The molecule has 0 N–H and O–H groups in total. The second kappa shape index (κ2) is 6.62. The first-order valence-electron chi connectivity index (χ1n) is 7.65. The third kappa shape index (κ3) is 3.23. The Labute approximate surface area is 129 Å². The Kier molecular flexibility index (Phi) is 4.59. The highest BCUT2D eigenvalue weighted by Gasteiger charge is 2.26. The van der Waals surface area contributed by atoms with Gasteiger partial charge in [0, 0.05) is 26.7 Å². The molecule has 3 rings (SSSR count). The molecule has 2 heterocycles. The quantitative estimate of drug-likeness (QED) is 0.851. The number of halogens is 1. The summed E-state index contributed by atoms with van der Waals surface area (Å²) < 4.78 is 24.4. The monoisotopic (exact) mass is 308 g/mol. The van der Waals surface area contributed by atoms with E-state index in [4.69, 9.17) is 9.47 Å². The highest BCUT2D eigenvalue weighted by Crippen LogP contribution is 2.32. The number of benzene rings is 1. The van der Waals surface area contributed by atoms with Crippen LogP contribution < -0.4 is 9.80 Å². The van der Waals surface area contributed by atoms with Crippen molar-refractivity contribution in [2.75, 3.05) is 49.8 Å². The molecule has 22 heavy (non-hydrogen) atoms. The number of hydrogen-bond donors (Lipinski definition) is 0. The predicted molar refractivity (Wildman–Crippen MR) is 81.8 cm³/mol. The Morgan fingerprint density at radius 3 is 3.05 bits per heavy atom. The molecule has 1 amide bonds. The van der Waals surface area contributed by atoms with Crippen LogP contribution in [0.4, 0.5) is 15.8 Å². The number of ether oxygens (including phenoxy) is 2. The van der Waals surface area contributed by atoms with Crippen LogP contribution in [-0.2, 0) is 14.3 Å². The molecule has 1 unspecified atom stereocenters. The average molecular weight is 308 g/mol. The zero-order chi connectivity index (χ0) is 15.5. The molecule has 1 aromatic carbocycles. The summed E-state index contributed by atoms with van der Waals surface area (Å²) in [6.07, 6.45) is 2.16. The first-order chi connectivity index (χ1) is 10.6. The molecule has 1 atom stereocenters. The van der Waals surface area contributed by atoms with Crippen molar-refractivity contribution < 1.29 is 18.7 Å². The van der Waals surface area contributed by atoms with Crippen molar-refractivity contribution in [2.45, 2.75) is 18.9 Å². The maximum atomic E-state index is 13.4. The van der Waals surface area contributed by atoms with Gasteiger partial charge >= 0.3 is 0 Å². The lowest BCUT2D eigenvalue weighted by Crippen LogP contribution is -2.44. The minimum absolute atomic E-state index is 0.0282. The van der Waals surface area contributed by atoms with Crippen molar-refractivity contribution in [3.05, 3.63) is 24.0 Å². The van der Waals surface area contributed by atoms with Crippen molar-refractivity contribution in [1.82, 2.24) is 0 Å². The van der Waals surface area contributed by atoms with Gasteiger partial charge in [-0.25, -0.2) is 4.39 Å². The van der Waals surface area contributed by atoms with Crippen LogP contribution >= 0.6 is 0 Å². The van der Waals surface area contributed by atoms with Gasteiger partial charge in [-0.05, 0) is 31.0 Å². The lowest BCUT2D eigenvalue weighted by molar-refractivity contribution is -0.124. The fraction of sp³-hybridized carbons (Fsp3) is 0.562. The minimum Gasteiger partial charge on any atom is -0.376 e. The van der Waals surface area contributed by atoms with Crippen LogP contribution in [0.1, 0.15) is 12.8 Å². The van der Waals surface area contributed by atoms with Crippen LogP contribution in [0.15, 0.2) is 18.2 Å². The van der Waals surface area contributed by atoms with Gasteiger partial charge in [0.2, 0.25) is 0 Å². The van der Waals surface area contributed by atoms with E-state index in [9.17, 15) is 9.18 Å². The number of likely N-dealkylation sites (N-methyl/N-ethyl adjacent to an activating group) is 1. The van der Waals surface area contributed by atoms with Gasteiger partial charge in [-0.2, -0.15) is 0 Å². The summed E-state index contributed by atoms with van der Waals surface area (Å²) in [5.74, 6) is -0.395. The van der Waals surface area contributed by atoms with Gasteiger partial charge < -0.3 is 19.3 Å². The topological polar surface area (TPSA) is 42.0 Å². The van der Waals surface area contributed by atoms with Crippen LogP contribution in [0.3, 0.4) is 0 Å². The Balaban J connectivity index is 1.62. The number of anilines is 2. The lowest BCUT2D eigenvalue weighted by atomic mass is 10.1. The fourth-order valence-electron chi connectivity index (χ4n) is 2.91. The number of carbonyl (C=O) groups excluding carboxylic acids is 1. The van der Waals surface area contributed by atoms with Crippen LogP contribution in [0, 0.1) is 5.82 Å². The first-order valence-corrected chi connectivity index (χ1v) is 7.65. The normalized spacial score (nSPS) is 21.1. The molecule has 0 radical (unpaired) electrons. The second-order valence-electron chi connectivity index (χ2n) is 5.75. The van der Waals surface area contributed by atoms with E-state index in [2.05, 4.69) is 0 Å². The smallest absolute Gasteiger partial charge is 0.253 e. The number of rotatable bonds is 4. The summed E-state index contributed by atoms with van der Waals surface area (Å²) in [6.45, 7) is 2.51. The molecular weight excluding hydrogens is 287 g/mol. The summed E-state index contributed by atoms with van der Waals surface area (Å²) >= 11 is 0. The average Bonchev–Trinajstić information content (AvgIpc) is 3.01. The van der Waals surface area contributed by atoms with Crippen molar-refractivity contribution in [3.8, 4) is 0 Å². The van der Waals surface area contributed by atoms with Gasteiger partial charge in [0.25, 0.3) is 5.91 Å². The Morgan fingerprint density at radius 2 is 2.27 bits per heavy atom. The van der Waals surface area contributed by atoms with Crippen LogP contribution in [0.25, 0.3) is 0 Å². The third-order valence-electron chi connectivity index (χ3n) is 4.15. The number of carbonyl (C=O) groups is 1. The summed E-state index contributed by atoms with van der Waals surface area (Å²) in [4.78, 5) is 16.0. The maximum Gasteiger partial charge on any atom is 0.253 e. The van der Waals surface area contributed by atoms with Crippen molar-refractivity contribution in [3.63, 3.8) is 0 Å². The zero-order valence-electron chi connectivity index (χ0n) is 12.8. The molecule has 0 aromatic heterocycles.